The lowest BCUT2D eigenvalue weighted by molar-refractivity contribution is -0.139. The number of carboxylic acids is 1. The van der Waals surface area contributed by atoms with E-state index in [4.69, 9.17) is 24.1 Å². The molecule has 1 N–H and O–H groups in total. The molecule has 3 rings (SSSR count). The van der Waals surface area contributed by atoms with Crippen LogP contribution in [0, 0.1) is 0 Å². The first-order valence-corrected chi connectivity index (χ1v) is 9.54. The molecule has 0 fully saturated rings. The van der Waals surface area contributed by atoms with Crippen LogP contribution in [0.5, 0.6) is 28.9 Å². The maximum Gasteiger partial charge on any atom is 0.341 e. The highest BCUT2D eigenvalue weighted by molar-refractivity contribution is 9.11. The average Bonchev–Trinajstić information content (AvgIpc) is 2.68. The summed E-state index contributed by atoms with van der Waals surface area (Å²) in [5.41, 5.74) is 0.707. The first-order chi connectivity index (χ1) is 13.4. The molecular formula is C19H15Br2NO6. The van der Waals surface area contributed by atoms with Gasteiger partial charge >= 0.3 is 5.97 Å². The van der Waals surface area contributed by atoms with E-state index in [0.29, 0.717) is 43.3 Å². The van der Waals surface area contributed by atoms with E-state index in [2.05, 4.69) is 36.8 Å². The van der Waals surface area contributed by atoms with E-state index in [1.54, 1.807) is 38.5 Å². The molecule has 1 heterocycles. The van der Waals surface area contributed by atoms with E-state index < -0.39 is 12.6 Å². The van der Waals surface area contributed by atoms with Crippen LogP contribution in [0.15, 0.2) is 45.3 Å². The Labute approximate surface area is 177 Å². The van der Waals surface area contributed by atoms with Crippen LogP contribution in [0.3, 0.4) is 0 Å². The number of aromatic nitrogens is 1. The van der Waals surface area contributed by atoms with E-state index in [-0.39, 0.29) is 0 Å². The topological polar surface area (TPSA) is 87.1 Å². The molecule has 0 amide bonds. The predicted octanol–water partition coefficient (Wildman–Crippen LogP) is 5.03. The molecule has 0 spiro atoms. The Morgan fingerprint density at radius 3 is 2.36 bits per heavy atom. The minimum Gasteiger partial charge on any atom is -0.496 e. The molecule has 0 atom stereocenters. The van der Waals surface area contributed by atoms with Crippen molar-refractivity contribution in [1.29, 1.82) is 0 Å². The zero-order valence-electron chi connectivity index (χ0n) is 14.9. The van der Waals surface area contributed by atoms with Crippen LogP contribution >= 0.6 is 31.9 Å². The van der Waals surface area contributed by atoms with Crippen LogP contribution in [0.25, 0.3) is 10.9 Å². The van der Waals surface area contributed by atoms with Gasteiger partial charge in [0.25, 0.3) is 0 Å². The van der Waals surface area contributed by atoms with E-state index in [1.165, 1.54) is 0 Å². The number of aliphatic carboxylic acids is 1. The fraction of sp³-hybridized carbons (Fsp3) is 0.158. The van der Waals surface area contributed by atoms with Crippen molar-refractivity contribution in [3.63, 3.8) is 0 Å². The van der Waals surface area contributed by atoms with Crippen LogP contribution in [-0.2, 0) is 4.79 Å². The molecule has 28 heavy (non-hydrogen) atoms. The van der Waals surface area contributed by atoms with E-state index in [0.717, 1.165) is 5.39 Å². The maximum atomic E-state index is 10.7. The van der Waals surface area contributed by atoms with Gasteiger partial charge in [-0.25, -0.2) is 9.78 Å². The van der Waals surface area contributed by atoms with Gasteiger partial charge in [-0.3, -0.25) is 0 Å². The Morgan fingerprint density at radius 2 is 1.75 bits per heavy atom. The lowest BCUT2D eigenvalue weighted by Crippen LogP contribution is -2.09. The minimum absolute atomic E-state index is 0.393. The molecule has 0 bridgehead atoms. The Morgan fingerprint density at radius 1 is 1.04 bits per heavy atom. The summed E-state index contributed by atoms with van der Waals surface area (Å²) in [7, 11) is 3.12. The van der Waals surface area contributed by atoms with E-state index in [9.17, 15) is 4.79 Å². The lowest BCUT2D eigenvalue weighted by Gasteiger charge is -2.13. The van der Waals surface area contributed by atoms with Crippen molar-refractivity contribution in [1.82, 2.24) is 4.98 Å². The number of ether oxygens (including phenoxy) is 4. The van der Waals surface area contributed by atoms with Gasteiger partial charge in [0.2, 0.25) is 5.88 Å². The molecule has 0 unspecified atom stereocenters. The molecule has 1 aromatic heterocycles. The zero-order chi connectivity index (χ0) is 20.3. The second kappa shape index (κ2) is 8.66. The Balaban J connectivity index is 1.93. The average molecular weight is 513 g/mol. The molecule has 146 valence electrons. The van der Waals surface area contributed by atoms with Gasteiger partial charge in [-0.05, 0) is 62.2 Å². The largest absolute Gasteiger partial charge is 0.496 e. The molecule has 3 aromatic rings. The van der Waals surface area contributed by atoms with Crippen molar-refractivity contribution in [3.8, 4) is 28.9 Å². The molecule has 0 saturated heterocycles. The maximum absolute atomic E-state index is 10.7. The van der Waals surface area contributed by atoms with Gasteiger partial charge in [-0.2, -0.15) is 0 Å². The standard InChI is InChI=1S/C19H15Br2NO6/c1-25-16-8-17(26-2)22-15-4-3-10(5-12(15)16)28-19-13(20)6-11(7-14(19)21)27-9-18(23)24/h3-8H,9H2,1-2H3,(H,23,24). The highest BCUT2D eigenvalue weighted by atomic mass is 79.9. The highest BCUT2D eigenvalue weighted by Gasteiger charge is 2.14. The smallest absolute Gasteiger partial charge is 0.341 e. The van der Waals surface area contributed by atoms with Gasteiger partial charge in [0.1, 0.15) is 17.2 Å². The summed E-state index contributed by atoms with van der Waals surface area (Å²) >= 11 is 6.85. The summed E-state index contributed by atoms with van der Waals surface area (Å²) < 4.78 is 23.0. The van der Waals surface area contributed by atoms with Crippen molar-refractivity contribution >= 4 is 48.7 Å². The number of carboxylic acid groups (broad SMARTS) is 1. The van der Waals surface area contributed by atoms with Crippen LogP contribution < -0.4 is 18.9 Å². The number of nitrogens with zero attached hydrogens (tertiary/aromatic N) is 1. The number of hydrogen-bond acceptors (Lipinski definition) is 6. The summed E-state index contributed by atoms with van der Waals surface area (Å²) in [5, 5.41) is 9.50. The monoisotopic (exact) mass is 511 g/mol. The second-order valence-electron chi connectivity index (χ2n) is 5.55. The summed E-state index contributed by atoms with van der Waals surface area (Å²) in [5.74, 6) is 1.50. The third kappa shape index (κ3) is 4.48. The number of carbonyl (C=O) groups is 1. The number of methoxy groups -OCH3 is 2. The van der Waals surface area contributed by atoms with Crippen molar-refractivity contribution in [3.05, 3.63) is 45.3 Å². The highest BCUT2D eigenvalue weighted by Crippen LogP contribution is 2.41. The number of halogens is 2. The number of benzene rings is 2. The number of rotatable bonds is 7. The van der Waals surface area contributed by atoms with Crippen LogP contribution in [-0.4, -0.2) is 36.9 Å². The van der Waals surface area contributed by atoms with E-state index >= 15 is 0 Å². The van der Waals surface area contributed by atoms with Crippen LogP contribution in [0.1, 0.15) is 0 Å². The molecule has 0 radical (unpaired) electrons. The second-order valence-corrected chi connectivity index (χ2v) is 7.26. The summed E-state index contributed by atoms with van der Waals surface area (Å²) in [6.45, 7) is -0.431. The molecule has 0 aliphatic rings. The number of hydrogen-bond donors (Lipinski definition) is 1. The molecule has 9 heteroatoms. The number of fused-ring (bicyclic) bond motifs is 1. The lowest BCUT2D eigenvalue weighted by atomic mass is 10.2. The first kappa shape index (κ1) is 20.2. The summed E-state index contributed by atoms with van der Waals surface area (Å²) in [6, 6.07) is 10.4. The predicted molar refractivity (Wildman–Crippen MR) is 110 cm³/mol. The molecular weight excluding hydrogens is 498 g/mol. The van der Waals surface area contributed by atoms with Crippen molar-refractivity contribution in [2.45, 2.75) is 0 Å². The minimum atomic E-state index is -1.05. The molecule has 0 saturated carbocycles. The van der Waals surface area contributed by atoms with Gasteiger partial charge in [0.05, 0.1) is 28.7 Å². The molecule has 7 nitrogen and oxygen atoms in total. The third-order valence-corrected chi connectivity index (χ3v) is 4.88. The zero-order valence-corrected chi connectivity index (χ0v) is 18.0. The molecule has 2 aromatic carbocycles. The normalized spacial score (nSPS) is 10.6. The van der Waals surface area contributed by atoms with Crippen LogP contribution in [0.2, 0.25) is 0 Å². The van der Waals surface area contributed by atoms with Gasteiger partial charge < -0.3 is 24.1 Å². The van der Waals surface area contributed by atoms with Crippen LogP contribution in [0.4, 0.5) is 0 Å². The summed E-state index contributed by atoms with van der Waals surface area (Å²) in [6.07, 6.45) is 0. The fourth-order valence-corrected chi connectivity index (χ4v) is 3.77. The van der Waals surface area contributed by atoms with Gasteiger partial charge in [-0.15, -0.1) is 0 Å². The Kier molecular flexibility index (Phi) is 6.25. The quantitative estimate of drug-likeness (QED) is 0.474. The van der Waals surface area contributed by atoms with Gasteiger partial charge in [-0.1, -0.05) is 0 Å². The summed E-state index contributed by atoms with van der Waals surface area (Å²) in [4.78, 5) is 15.0. The molecule has 0 aliphatic carbocycles. The molecule has 0 aliphatic heterocycles. The Hall–Kier alpha value is -2.52. The fourth-order valence-electron chi connectivity index (χ4n) is 2.47. The number of pyridine rings is 1. The van der Waals surface area contributed by atoms with Crippen molar-refractivity contribution in [2.24, 2.45) is 0 Å². The van der Waals surface area contributed by atoms with Crippen molar-refractivity contribution in [2.75, 3.05) is 20.8 Å². The third-order valence-electron chi connectivity index (χ3n) is 3.70. The Bertz CT molecular complexity index is 1020. The van der Waals surface area contributed by atoms with Gasteiger partial charge in [0, 0.05) is 11.5 Å². The van der Waals surface area contributed by atoms with E-state index in [1.807, 2.05) is 12.1 Å². The first-order valence-electron chi connectivity index (χ1n) is 7.95. The SMILES string of the molecule is COc1cc(OC)c2cc(Oc3c(Br)cc(OCC(=O)O)cc3Br)ccc2n1. The van der Waals surface area contributed by atoms with Gasteiger partial charge in [0.15, 0.2) is 12.4 Å². The van der Waals surface area contributed by atoms with Crippen molar-refractivity contribution < 1.29 is 28.8 Å².